The molecule has 0 atom stereocenters. The molecule has 7 heteroatoms. The van der Waals surface area contributed by atoms with Crippen molar-refractivity contribution in [2.75, 3.05) is 5.32 Å². The van der Waals surface area contributed by atoms with Crippen LogP contribution >= 0.6 is 11.6 Å². The van der Waals surface area contributed by atoms with Crippen LogP contribution in [0.1, 0.15) is 10.5 Å². The number of hydrogen-bond donors (Lipinski definition) is 2. The number of nitrogens with zero attached hydrogens (tertiary/aromatic N) is 3. The number of halogens is 1. The molecule has 3 rings (SSSR count). The summed E-state index contributed by atoms with van der Waals surface area (Å²) in [5, 5.41) is 10.0. The molecule has 2 aromatic heterocycles. The van der Waals surface area contributed by atoms with Crippen molar-refractivity contribution in [2.24, 2.45) is 0 Å². The smallest absolute Gasteiger partial charge is 0.276 e. The lowest BCUT2D eigenvalue weighted by molar-refractivity contribution is 0.102. The van der Waals surface area contributed by atoms with Crippen molar-refractivity contribution >= 4 is 34.4 Å². The van der Waals surface area contributed by atoms with Crippen LogP contribution in [0.4, 0.5) is 5.95 Å². The number of hydrogen-bond acceptors (Lipinski definition) is 4. The van der Waals surface area contributed by atoms with Crippen molar-refractivity contribution in [1.29, 1.82) is 0 Å². The van der Waals surface area contributed by atoms with E-state index in [-0.39, 0.29) is 11.6 Å². The van der Waals surface area contributed by atoms with E-state index in [1.54, 1.807) is 6.07 Å². The van der Waals surface area contributed by atoms with Crippen molar-refractivity contribution < 1.29 is 4.79 Å². The fourth-order valence-corrected chi connectivity index (χ4v) is 1.95. The number of amides is 1. The standard InChI is InChI=1S/C12H8ClN5O/c13-8-5-10(11(19)17-12-14-6-15-18-12)16-9-4-2-1-3-7(8)9/h1-6H,(H2,14,15,17,18,19). The number of anilines is 1. The van der Waals surface area contributed by atoms with Gasteiger partial charge < -0.3 is 0 Å². The van der Waals surface area contributed by atoms with E-state index in [0.717, 1.165) is 5.39 Å². The van der Waals surface area contributed by atoms with Crippen LogP contribution in [0.2, 0.25) is 5.02 Å². The molecule has 0 aliphatic heterocycles. The second-order valence-corrected chi connectivity index (χ2v) is 4.20. The average Bonchev–Trinajstić information content (AvgIpc) is 2.91. The molecule has 19 heavy (non-hydrogen) atoms. The Kier molecular flexibility index (Phi) is 2.85. The van der Waals surface area contributed by atoms with Crippen LogP contribution in [-0.4, -0.2) is 26.1 Å². The molecule has 0 aliphatic rings. The second-order valence-electron chi connectivity index (χ2n) is 3.79. The molecular weight excluding hydrogens is 266 g/mol. The first kappa shape index (κ1) is 11.6. The van der Waals surface area contributed by atoms with Crippen molar-refractivity contribution in [2.45, 2.75) is 0 Å². The van der Waals surface area contributed by atoms with Crippen LogP contribution in [0.25, 0.3) is 10.9 Å². The molecule has 0 aliphatic carbocycles. The van der Waals surface area contributed by atoms with Crippen molar-refractivity contribution in [1.82, 2.24) is 20.2 Å². The largest absolute Gasteiger partial charge is 0.289 e. The third-order valence-electron chi connectivity index (χ3n) is 2.55. The number of aromatic nitrogens is 4. The second kappa shape index (κ2) is 4.66. The number of pyridine rings is 1. The minimum Gasteiger partial charge on any atom is -0.289 e. The van der Waals surface area contributed by atoms with Gasteiger partial charge in [-0.3, -0.25) is 10.1 Å². The third kappa shape index (κ3) is 2.25. The Balaban J connectivity index is 1.98. The van der Waals surface area contributed by atoms with E-state index in [1.165, 1.54) is 12.4 Å². The Hall–Kier alpha value is -2.47. The lowest BCUT2D eigenvalue weighted by Gasteiger charge is -2.04. The number of aromatic amines is 1. The first-order chi connectivity index (χ1) is 9.24. The van der Waals surface area contributed by atoms with Gasteiger partial charge in [0.1, 0.15) is 12.0 Å². The summed E-state index contributed by atoms with van der Waals surface area (Å²) >= 11 is 6.13. The summed E-state index contributed by atoms with van der Waals surface area (Å²) in [4.78, 5) is 20.1. The molecule has 0 saturated heterocycles. The molecule has 0 spiro atoms. The molecule has 94 valence electrons. The number of H-pyrrole nitrogens is 1. The molecule has 0 unspecified atom stereocenters. The van der Waals surface area contributed by atoms with E-state index in [2.05, 4.69) is 25.5 Å². The zero-order valence-electron chi connectivity index (χ0n) is 9.59. The van der Waals surface area contributed by atoms with Gasteiger partial charge in [-0.25, -0.2) is 10.1 Å². The van der Waals surface area contributed by atoms with Gasteiger partial charge in [0.2, 0.25) is 5.95 Å². The third-order valence-corrected chi connectivity index (χ3v) is 2.86. The Morgan fingerprint density at radius 1 is 1.32 bits per heavy atom. The molecule has 6 nitrogen and oxygen atoms in total. The van der Waals surface area contributed by atoms with Gasteiger partial charge in [-0.05, 0) is 12.1 Å². The Morgan fingerprint density at radius 3 is 2.95 bits per heavy atom. The zero-order valence-corrected chi connectivity index (χ0v) is 10.3. The summed E-state index contributed by atoms with van der Waals surface area (Å²) in [6, 6.07) is 8.87. The fourth-order valence-electron chi connectivity index (χ4n) is 1.69. The highest BCUT2D eigenvalue weighted by Crippen LogP contribution is 2.22. The number of carbonyl (C=O) groups is 1. The molecule has 1 aromatic carbocycles. The van der Waals surface area contributed by atoms with Gasteiger partial charge in [-0.15, -0.1) is 0 Å². The highest BCUT2D eigenvalue weighted by atomic mass is 35.5. The maximum atomic E-state index is 12.0. The maximum absolute atomic E-state index is 12.0. The van der Waals surface area contributed by atoms with Gasteiger partial charge in [0.25, 0.3) is 5.91 Å². The van der Waals surface area contributed by atoms with Crippen LogP contribution in [0.15, 0.2) is 36.7 Å². The van der Waals surface area contributed by atoms with E-state index in [4.69, 9.17) is 11.6 Å². The quantitative estimate of drug-likeness (QED) is 0.750. The molecule has 3 aromatic rings. The van der Waals surface area contributed by atoms with Crippen LogP contribution in [0.3, 0.4) is 0 Å². The van der Waals surface area contributed by atoms with Crippen LogP contribution < -0.4 is 5.32 Å². The number of fused-ring (bicyclic) bond motifs is 1. The van der Waals surface area contributed by atoms with Crippen molar-refractivity contribution in [3.05, 3.63) is 47.4 Å². The average molecular weight is 274 g/mol. The molecule has 1 amide bonds. The molecular formula is C12H8ClN5O. The highest BCUT2D eigenvalue weighted by molar-refractivity contribution is 6.35. The summed E-state index contributed by atoms with van der Waals surface area (Å²) < 4.78 is 0. The topological polar surface area (TPSA) is 83.6 Å². The van der Waals surface area contributed by atoms with Gasteiger partial charge in [-0.2, -0.15) is 10.1 Å². The lowest BCUT2D eigenvalue weighted by atomic mass is 10.2. The minimum absolute atomic E-state index is 0.222. The summed E-state index contributed by atoms with van der Waals surface area (Å²) in [7, 11) is 0. The van der Waals surface area contributed by atoms with Gasteiger partial charge in [0.15, 0.2) is 0 Å². The van der Waals surface area contributed by atoms with E-state index < -0.39 is 5.91 Å². The summed E-state index contributed by atoms with van der Waals surface area (Å²) in [6.45, 7) is 0. The monoisotopic (exact) mass is 273 g/mol. The Morgan fingerprint density at radius 2 is 2.16 bits per heavy atom. The van der Waals surface area contributed by atoms with E-state index >= 15 is 0 Å². The molecule has 0 radical (unpaired) electrons. The summed E-state index contributed by atoms with van der Waals surface area (Å²) in [5.74, 6) is -0.138. The number of rotatable bonds is 2. The summed E-state index contributed by atoms with van der Waals surface area (Å²) in [6.07, 6.45) is 1.30. The van der Waals surface area contributed by atoms with Gasteiger partial charge in [-0.1, -0.05) is 29.8 Å². The van der Waals surface area contributed by atoms with Crippen molar-refractivity contribution in [3.63, 3.8) is 0 Å². The normalized spacial score (nSPS) is 10.6. The Bertz CT molecular complexity index is 741. The Labute approximate surface area is 112 Å². The van der Waals surface area contributed by atoms with Gasteiger partial charge in [0.05, 0.1) is 10.5 Å². The molecule has 0 saturated carbocycles. The molecule has 2 N–H and O–H groups in total. The number of para-hydroxylation sites is 1. The predicted molar refractivity (Wildman–Crippen MR) is 71.1 cm³/mol. The van der Waals surface area contributed by atoms with E-state index in [9.17, 15) is 4.79 Å². The van der Waals surface area contributed by atoms with Gasteiger partial charge in [0, 0.05) is 5.39 Å². The molecule has 0 fully saturated rings. The molecule has 0 bridgehead atoms. The number of benzene rings is 1. The number of nitrogens with one attached hydrogen (secondary N) is 2. The SMILES string of the molecule is O=C(Nc1ncn[nH]1)c1cc(Cl)c2ccccc2n1. The van der Waals surface area contributed by atoms with Crippen LogP contribution in [-0.2, 0) is 0 Å². The highest BCUT2D eigenvalue weighted by Gasteiger charge is 2.12. The predicted octanol–water partition coefficient (Wildman–Crippen LogP) is 2.26. The maximum Gasteiger partial charge on any atom is 0.276 e. The first-order valence-electron chi connectivity index (χ1n) is 5.46. The lowest BCUT2D eigenvalue weighted by Crippen LogP contribution is -2.14. The minimum atomic E-state index is -0.399. The van der Waals surface area contributed by atoms with Crippen molar-refractivity contribution in [3.8, 4) is 0 Å². The van der Waals surface area contributed by atoms with E-state index in [0.29, 0.717) is 10.5 Å². The van der Waals surface area contributed by atoms with Crippen LogP contribution in [0, 0.1) is 0 Å². The van der Waals surface area contributed by atoms with Gasteiger partial charge >= 0.3 is 0 Å². The van der Waals surface area contributed by atoms with Crippen LogP contribution in [0.5, 0.6) is 0 Å². The zero-order chi connectivity index (χ0) is 13.2. The van der Waals surface area contributed by atoms with E-state index in [1.807, 2.05) is 18.2 Å². The first-order valence-corrected chi connectivity index (χ1v) is 5.84. The number of carbonyl (C=O) groups excluding carboxylic acids is 1. The molecule has 2 heterocycles. The fraction of sp³-hybridized carbons (Fsp3) is 0. The summed E-state index contributed by atoms with van der Waals surface area (Å²) in [5.41, 5.74) is 0.887.